The molecule has 0 unspecified atom stereocenters. The molecule has 0 spiro atoms. The summed E-state index contributed by atoms with van der Waals surface area (Å²) in [7, 11) is -3.95. The van der Waals surface area contributed by atoms with E-state index in [1.165, 1.54) is 17.0 Å². The lowest BCUT2D eigenvalue weighted by Gasteiger charge is -2.35. The summed E-state index contributed by atoms with van der Waals surface area (Å²) in [6.07, 6.45) is 7.62. The van der Waals surface area contributed by atoms with Gasteiger partial charge in [0.15, 0.2) is 0 Å². The second-order valence-corrected chi connectivity index (χ2v) is 12.0. The number of aromatic nitrogens is 3. The van der Waals surface area contributed by atoms with Gasteiger partial charge in [-0.25, -0.2) is 4.79 Å². The molecule has 3 heterocycles. The number of hydrogen-bond donors (Lipinski definition) is 1. The standard InChI is InChI=1S/C26H28N3O5S/c1-17-6-8-19(9-7-17)35(32,33)29-16-21(26(31)11-5-12-26)22-20-10-13-28(24(30)34-25(2,3)4)15-18(20)14-27-23(22)29/h6-10,13-16,31H,5,11-12H2,1-4H3/q+1. The Labute approximate surface area is 203 Å². The van der Waals surface area contributed by atoms with Crippen LogP contribution in [0.3, 0.4) is 0 Å². The summed E-state index contributed by atoms with van der Waals surface area (Å²) in [5, 5.41) is 13.2. The molecular formula is C26H28N3O5S+. The maximum Gasteiger partial charge on any atom is 0.418 e. The van der Waals surface area contributed by atoms with Crippen molar-refractivity contribution in [1.29, 1.82) is 0 Å². The average molecular weight is 495 g/mol. The lowest BCUT2D eigenvalue weighted by molar-refractivity contribution is -0.481. The summed E-state index contributed by atoms with van der Waals surface area (Å²) in [4.78, 5) is 17.2. The zero-order chi connectivity index (χ0) is 25.2. The fourth-order valence-electron chi connectivity index (χ4n) is 4.40. The van der Waals surface area contributed by atoms with Crippen molar-refractivity contribution in [2.75, 3.05) is 0 Å². The van der Waals surface area contributed by atoms with Gasteiger partial charge in [-0.2, -0.15) is 8.42 Å². The first-order valence-corrected chi connectivity index (χ1v) is 13.0. The van der Waals surface area contributed by atoms with E-state index in [-0.39, 0.29) is 10.5 Å². The van der Waals surface area contributed by atoms with Gasteiger partial charge in [-0.1, -0.05) is 17.7 Å². The van der Waals surface area contributed by atoms with Gasteiger partial charge < -0.3 is 9.84 Å². The van der Waals surface area contributed by atoms with Crippen molar-refractivity contribution in [2.45, 2.75) is 63.1 Å². The minimum Gasteiger partial charge on any atom is -0.443 e. The van der Waals surface area contributed by atoms with E-state index in [0.717, 1.165) is 16.0 Å². The van der Waals surface area contributed by atoms with Gasteiger partial charge >= 0.3 is 21.8 Å². The van der Waals surface area contributed by atoms with E-state index in [9.17, 15) is 18.3 Å². The fraction of sp³-hybridized carbons (Fsp3) is 0.346. The number of aryl methyl sites for hydroxylation is 1. The normalized spacial score (nSPS) is 15.8. The SMILES string of the molecule is Cc1ccc(S(=O)(=O)[n+]2cc(C3(O)CCC3)c3c4ccn(C(=O)OC(C)(C)C)cc4cnc32)cc1. The Kier molecular flexibility index (Phi) is 5.26. The molecule has 1 aromatic carbocycles. The van der Waals surface area contributed by atoms with Crippen molar-refractivity contribution in [2.24, 2.45) is 0 Å². The topological polar surface area (TPSA) is 102 Å². The molecule has 0 atom stereocenters. The first-order chi connectivity index (χ1) is 16.4. The summed E-state index contributed by atoms with van der Waals surface area (Å²) >= 11 is 0. The highest BCUT2D eigenvalue weighted by molar-refractivity contribution is 7.85. The highest BCUT2D eigenvalue weighted by Crippen LogP contribution is 2.45. The number of carbonyl (C=O) groups excluding carboxylic acids is 1. The van der Waals surface area contributed by atoms with Gasteiger partial charge in [0, 0.05) is 28.7 Å². The highest BCUT2D eigenvalue weighted by atomic mass is 32.2. The van der Waals surface area contributed by atoms with Crippen molar-refractivity contribution in [3.05, 3.63) is 66.2 Å². The third-order valence-electron chi connectivity index (χ3n) is 6.40. The first kappa shape index (κ1) is 23.4. The highest BCUT2D eigenvalue weighted by Gasteiger charge is 2.43. The Balaban J connectivity index is 1.73. The summed E-state index contributed by atoms with van der Waals surface area (Å²) in [6, 6.07) is 8.37. The molecular weight excluding hydrogens is 466 g/mol. The van der Waals surface area contributed by atoms with Crippen molar-refractivity contribution >= 4 is 37.9 Å². The van der Waals surface area contributed by atoms with Gasteiger partial charge in [0.1, 0.15) is 22.9 Å². The monoisotopic (exact) mass is 494 g/mol. The van der Waals surface area contributed by atoms with Crippen LogP contribution in [0.1, 0.15) is 51.2 Å². The molecule has 0 bridgehead atoms. The van der Waals surface area contributed by atoms with E-state index in [2.05, 4.69) is 4.98 Å². The molecule has 0 aliphatic heterocycles. The molecule has 8 nitrogen and oxygen atoms in total. The van der Waals surface area contributed by atoms with E-state index in [1.807, 2.05) is 6.92 Å². The smallest absolute Gasteiger partial charge is 0.418 e. The van der Waals surface area contributed by atoms with Crippen LogP contribution >= 0.6 is 0 Å². The molecule has 9 heteroatoms. The Morgan fingerprint density at radius 3 is 2.46 bits per heavy atom. The molecule has 1 aliphatic rings. The second-order valence-electron chi connectivity index (χ2n) is 10.2. The molecule has 1 fully saturated rings. The van der Waals surface area contributed by atoms with Crippen LogP contribution in [0.15, 0.2) is 60.0 Å². The molecule has 35 heavy (non-hydrogen) atoms. The molecule has 3 aromatic heterocycles. The number of rotatable bonds is 3. The van der Waals surface area contributed by atoms with Crippen LogP contribution in [-0.2, 0) is 20.4 Å². The van der Waals surface area contributed by atoms with Crippen molar-refractivity contribution < 1.29 is 27.0 Å². The van der Waals surface area contributed by atoms with Gasteiger partial charge in [-0.15, -0.1) is 3.97 Å². The number of ether oxygens (including phenoxy) is 1. The molecule has 1 saturated carbocycles. The minimum atomic E-state index is -3.95. The number of nitrogens with zero attached hydrogens (tertiary/aromatic N) is 3. The number of hydrogen-bond acceptors (Lipinski definition) is 6. The number of carbonyl (C=O) groups is 1. The maximum atomic E-state index is 13.6. The van der Waals surface area contributed by atoms with Gasteiger partial charge in [0.05, 0.1) is 11.0 Å². The van der Waals surface area contributed by atoms with Crippen LogP contribution in [0.2, 0.25) is 0 Å². The Bertz CT molecular complexity index is 1580. The van der Waals surface area contributed by atoms with Gasteiger partial charge in [0.25, 0.3) is 0 Å². The molecule has 4 aromatic rings. The third-order valence-corrected chi connectivity index (χ3v) is 8.06. The molecule has 0 radical (unpaired) electrons. The molecule has 1 aliphatic carbocycles. The predicted octanol–water partition coefficient (Wildman–Crippen LogP) is 4.18. The summed E-state index contributed by atoms with van der Waals surface area (Å²) in [5.74, 6) is 0. The van der Waals surface area contributed by atoms with E-state index in [1.54, 1.807) is 63.5 Å². The Morgan fingerprint density at radius 1 is 1.17 bits per heavy atom. The lowest BCUT2D eigenvalue weighted by Crippen LogP contribution is -2.42. The maximum absolute atomic E-state index is 13.6. The van der Waals surface area contributed by atoms with Crippen molar-refractivity contribution in [3.63, 3.8) is 0 Å². The summed E-state index contributed by atoms with van der Waals surface area (Å²) in [6.45, 7) is 7.27. The predicted molar refractivity (Wildman–Crippen MR) is 131 cm³/mol. The molecule has 1 N–H and O–H groups in total. The van der Waals surface area contributed by atoms with Crippen molar-refractivity contribution in [3.8, 4) is 0 Å². The average Bonchev–Trinajstić information content (AvgIpc) is 3.17. The number of pyridine rings is 2. The number of fused-ring (bicyclic) bond motifs is 3. The third kappa shape index (κ3) is 3.98. The molecule has 5 rings (SSSR count). The zero-order valence-electron chi connectivity index (χ0n) is 20.1. The molecule has 182 valence electrons. The Hall–Kier alpha value is -3.30. The second kappa shape index (κ2) is 7.86. The van der Waals surface area contributed by atoms with Crippen LogP contribution in [0.25, 0.3) is 21.8 Å². The van der Waals surface area contributed by atoms with E-state index < -0.39 is 27.3 Å². The van der Waals surface area contributed by atoms with Crippen LogP contribution in [-0.4, -0.2) is 34.8 Å². The van der Waals surface area contributed by atoms with Gasteiger partial charge in [-0.05, 0) is 70.1 Å². The molecule has 0 amide bonds. The minimum absolute atomic E-state index is 0.143. The van der Waals surface area contributed by atoms with Gasteiger partial charge in [-0.3, -0.25) is 4.57 Å². The van der Waals surface area contributed by atoms with Crippen molar-refractivity contribution in [1.82, 2.24) is 9.55 Å². The van der Waals surface area contributed by atoms with E-state index >= 15 is 0 Å². The van der Waals surface area contributed by atoms with E-state index in [4.69, 9.17) is 4.74 Å². The summed E-state index contributed by atoms with van der Waals surface area (Å²) in [5.41, 5.74) is -0.0536. The number of aliphatic hydroxyl groups is 1. The van der Waals surface area contributed by atoms with Gasteiger partial charge in [0.2, 0.25) is 0 Å². The van der Waals surface area contributed by atoms with Crippen LogP contribution in [0.4, 0.5) is 4.79 Å². The quantitative estimate of drug-likeness (QED) is 0.429. The van der Waals surface area contributed by atoms with Crippen LogP contribution in [0, 0.1) is 6.92 Å². The summed E-state index contributed by atoms with van der Waals surface area (Å²) < 4.78 is 35.1. The zero-order valence-corrected chi connectivity index (χ0v) is 21.0. The first-order valence-electron chi connectivity index (χ1n) is 11.5. The van der Waals surface area contributed by atoms with Crippen LogP contribution < -0.4 is 3.97 Å². The lowest BCUT2D eigenvalue weighted by atomic mass is 9.75. The number of benzene rings is 1. The molecule has 0 saturated heterocycles. The van der Waals surface area contributed by atoms with Crippen LogP contribution in [0.5, 0.6) is 0 Å². The fourth-order valence-corrected chi connectivity index (χ4v) is 5.72. The Morgan fingerprint density at radius 2 is 1.86 bits per heavy atom. The largest absolute Gasteiger partial charge is 0.443 e. The van der Waals surface area contributed by atoms with E-state index in [0.29, 0.717) is 34.6 Å².